The molecule has 4 aliphatic heterocycles. The number of benzene rings is 3. The molecule has 139 heavy (non-hydrogen) atoms. The summed E-state index contributed by atoms with van der Waals surface area (Å²) >= 11 is 16.1. The molecule has 17 aromatic rings. The molecule has 0 unspecified atom stereocenters. The minimum absolute atomic E-state index is 0.423. The fourth-order valence-electron chi connectivity index (χ4n) is 17.3. The Bertz CT molecular complexity index is 7570. The predicted octanol–water partition coefficient (Wildman–Crippen LogP) is 16.8. The van der Waals surface area contributed by atoms with E-state index in [0.717, 1.165) is 181 Å². The Morgan fingerprint density at radius 2 is 0.676 bits per heavy atom. The van der Waals surface area contributed by atoms with Crippen LogP contribution in [0.1, 0.15) is 161 Å². The molecule has 3 aromatic carbocycles. The third-order valence-electron chi connectivity index (χ3n) is 23.7. The van der Waals surface area contributed by atoms with Gasteiger partial charge in [0.05, 0.1) is 88.7 Å². The first kappa shape index (κ1) is 94.3. The molecule has 710 valence electrons. The van der Waals surface area contributed by atoms with Gasteiger partial charge in [-0.1, -0.05) is 85.9 Å². The number of fused-ring (bicyclic) bond motifs is 5. The van der Waals surface area contributed by atoms with Crippen LogP contribution in [-0.4, -0.2) is 188 Å². The Morgan fingerprint density at radius 1 is 0.345 bits per heavy atom. The fourth-order valence-corrected chi connectivity index (χ4v) is 19.8. The monoisotopic (exact) mass is 1930 g/mol. The zero-order valence-corrected chi connectivity index (χ0v) is 85.2. The molecule has 21 rings (SSSR count). The van der Waals surface area contributed by atoms with Gasteiger partial charge in [-0.3, -0.25) is 0 Å². The van der Waals surface area contributed by atoms with Crippen molar-refractivity contribution in [1.82, 2.24) is 148 Å². The van der Waals surface area contributed by atoms with Crippen LogP contribution in [0.2, 0.25) is 10.0 Å². The average Bonchev–Trinajstić information content (AvgIpc) is 1.60. The number of aryl methyl sites for hydroxylation is 16. The molecule has 40 heteroatoms. The van der Waals surface area contributed by atoms with Gasteiger partial charge in [0.25, 0.3) is 47.6 Å². The van der Waals surface area contributed by atoms with E-state index in [1.165, 1.54) is 32.0 Å². The molecule has 18 heterocycles. The number of rotatable bonds is 19. The third-order valence-corrected chi connectivity index (χ3v) is 26.7. The molecule has 36 nitrogen and oxygen atoms in total. The first-order chi connectivity index (χ1) is 66.7. The van der Waals surface area contributed by atoms with Gasteiger partial charge in [0.15, 0.2) is 29.1 Å². The number of thiophene rings is 1. The van der Waals surface area contributed by atoms with Crippen molar-refractivity contribution in [2.75, 3.05) is 70.2 Å². The van der Waals surface area contributed by atoms with Crippen LogP contribution in [0.15, 0.2) is 142 Å². The molecule has 0 radical (unpaired) electrons. The zero-order chi connectivity index (χ0) is 98.0. The van der Waals surface area contributed by atoms with Gasteiger partial charge in [-0.25, -0.2) is 42.4 Å². The van der Waals surface area contributed by atoms with Crippen molar-refractivity contribution >= 4 is 121 Å². The van der Waals surface area contributed by atoms with E-state index >= 15 is 0 Å². The molecule has 0 saturated carbocycles. The zero-order valence-electron chi connectivity index (χ0n) is 82.1. The second kappa shape index (κ2) is 38.9. The van der Waals surface area contributed by atoms with E-state index in [4.69, 9.17) is 78.0 Å². The number of anilines is 6. The van der Waals surface area contributed by atoms with E-state index in [2.05, 4.69) is 157 Å². The number of allylic oxidation sites excluding steroid dienone is 1. The summed E-state index contributed by atoms with van der Waals surface area (Å²) in [6.45, 7) is 40.6. The standard InChI is InChI=1S/C33H39N9.C24H25Cl2N9.C22H24N10.C20H20N8S2/c1-7-9-15-39-28-19-26-13-11-12-14-27(26)20-29(28)40(16-10-8-2)31(39)21-30-34-32(41-24(5)17-22(3)37-41)36-33(35-30)42-25(6)18-23(4)38-42;1-7-33-20-11-18(26)17(25)10-19(20)32(6)22(33)12-21-27-23(34-15(4)8-13(2)30-34)29-24(28-21)35-16(5)9-14(3)31-35;1-13-10-15(3)31(27-13)21-23-18(24-22(26-21)32-16(4)11-14(2)28-32)12-19-25-20-17(30(19)6)8-7-9-29(20)5;1-11-8-13(3)27(24-11)19-21-16(10-17-26(5)18-15(30-17)6-7-29-18)22-20(23-19)28-14(4)9-12(2)25-28/h11-14,17-21H,7-10,15-16H2,1-6H3;8-12H,7H2,1-6H3;7-12H,1-6H3;6-10H,1-5H3/b;22-12-;19-12+;17-10-. The van der Waals surface area contributed by atoms with Gasteiger partial charge in [-0.15, -0.1) is 11.3 Å². The molecule has 0 spiro atoms. The minimum atomic E-state index is 0.423. The lowest BCUT2D eigenvalue weighted by molar-refractivity contribution is 0.712. The van der Waals surface area contributed by atoms with Crippen molar-refractivity contribution in [1.29, 1.82) is 0 Å². The Balaban J connectivity index is 0.000000124. The SMILES string of the molecule is CCCCN1C(=Cc2nc(-n3nc(C)cc3C)nc(-n3nc(C)cc3C)n2)N(CCCC)c2cc3ccccc3cc21.CCN1/C(=C\c2nc(-n3nc(C)cc3C)nc(-n3nc(C)cc3C)n2)N(C)c2cc(Cl)c(Cl)cc21.Cc1cc(C)n(-c2nc(/C=C3\Sc4ccsc4N3C)nc(-n3nc(C)cc3C)n2)n1.Cc1cc(C)n(-c2nc(/C=c3\nc4c(n3C)=CC=CN4C)nc(-n3nc(C)cc3C)n2)n1. The number of hydrogen-bond acceptors (Lipinski definition) is 29. The highest BCUT2D eigenvalue weighted by Gasteiger charge is 2.35. The Morgan fingerprint density at radius 3 is 1.00 bits per heavy atom. The number of halogens is 2. The Kier molecular flexibility index (Phi) is 26.4. The normalized spacial score (nSPS) is 13.8. The van der Waals surface area contributed by atoms with Crippen molar-refractivity contribution in [2.45, 2.75) is 162 Å². The van der Waals surface area contributed by atoms with Crippen LogP contribution < -0.4 is 40.2 Å². The lowest BCUT2D eigenvalue weighted by atomic mass is 10.1. The van der Waals surface area contributed by atoms with Gasteiger partial charge in [-0.2, -0.15) is 101 Å². The molecule has 4 aliphatic rings. The Hall–Kier alpha value is -15.0. The average molecular weight is 1940 g/mol. The first-order valence-corrected chi connectivity index (χ1v) is 48.4. The predicted molar refractivity (Wildman–Crippen MR) is 549 cm³/mol. The third kappa shape index (κ3) is 19.2. The van der Waals surface area contributed by atoms with Crippen LogP contribution in [0.3, 0.4) is 0 Å². The largest absolute Gasteiger partial charge is 0.334 e. The van der Waals surface area contributed by atoms with Gasteiger partial charge in [-0.05, 0) is 238 Å². The minimum Gasteiger partial charge on any atom is -0.334 e. The number of unbranched alkanes of at least 4 members (excludes halogenated alkanes) is 2. The highest BCUT2D eigenvalue weighted by molar-refractivity contribution is 8.04. The van der Waals surface area contributed by atoms with Crippen molar-refractivity contribution < 1.29 is 0 Å². The molecule has 14 aromatic heterocycles. The maximum Gasteiger partial charge on any atom is 0.256 e. The lowest BCUT2D eigenvalue weighted by Crippen LogP contribution is -2.30. The van der Waals surface area contributed by atoms with Crippen LogP contribution in [0.25, 0.3) is 88.7 Å². The molecular formula is C99H108Cl2N36S2. The van der Waals surface area contributed by atoms with E-state index < -0.39 is 0 Å². The van der Waals surface area contributed by atoms with E-state index in [0.29, 0.717) is 80.9 Å². The van der Waals surface area contributed by atoms with Crippen molar-refractivity contribution in [3.8, 4) is 47.6 Å². The summed E-state index contributed by atoms with van der Waals surface area (Å²) in [7, 11) is 8.00. The van der Waals surface area contributed by atoms with Crippen molar-refractivity contribution in [3.63, 3.8) is 0 Å². The van der Waals surface area contributed by atoms with E-state index in [-0.39, 0.29) is 0 Å². The number of hydrogen-bond donors (Lipinski definition) is 0. The molecule has 0 aliphatic carbocycles. The molecule has 0 amide bonds. The number of thioether (sulfide) groups is 1. The lowest BCUT2D eigenvalue weighted by Gasteiger charge is -2.25. The quantitative estimate of drug-likeness (QED) is 0.0725. The number of aromatic nitrogens is 30. The fraction of sp³-hybridized carbons (Fsp3) is 0.303. The summed E-state index contributed by atoms with van der Waals surface area (Å²) in [4.78, 5) is 76.4. The summed E-state index contributed by atoms with van der Waals surface area (Å²) < 4.78 is 16.0. The molecule has 0 fully saturated rings. The van der Waals surface area contributed by atoms with E-state index in [9.17, 15) is 0 Å². The summed E-state index contributed by atoms with van der Waals surface area (Å²) in [5, 5.41) is 45.7. The second-order valence-electron chi connectivity index (χ2n) is 34.9. The van der Waals surface area contributed by atoms with Crippen LogP contribution in [0.5, 0.6) is 0 Å². The van der Waals surface area contributed by atoms with Crippen LogP contribution in [0, 0.1) is 111 Å². The van der Waals surface area contributed by atoms with E-state index in [1.54, 1.807) is 60.6 Å². The smallest absolute Gasteiger partial charge is 0.256 e. The van der Waals surface area contributed by atoms with Gasteiger partial charge in [0.2, 0.25) is 0 Å². The van der Waals surface area contributed by atoms with Crippen LogP contribution in [-0.2, 0) is 7.05 Å². The first-order valence-electron chi connectivity index (χ1n) is 45.9. The maximum atomic E-state index is 6.33. The highest BCUT2D eigenvalue weighted by Crippen LogP contribution is 2.50. The molecular weight excluding hydrogens is 1830 g/mol. The number of nitrogens with zero attached hydrogens (tertiary/aromatic N) is 36. The Labute approximate surface area is 822 Å². The summed E-state index contributed by atoms with van der Waals surface area (Å²) in [6, 6.07) is 35.2. The summed E-state index contributed by atoms with van der Waals surface area (Å²) in [5.74, 6) is 8.60. The molecule has 0 saturated heterocycles. The van der Waals surface area contributed by atoms with Gasteiger partial charge >= 0.3 is 0 Å². The second-order valence-corrected chi connectivity index (χ2v) is 37.7. The summed E-state index contributed by atoms with van der Waals surface area (Å²) in [5.41, 5.74) is 19.9. The highest BCUT2D eigenvalue weighted by atomic mass is 35.5. The molecule has 0 atom stereocenters. The molecule has 0 bridgehead atoms. The topological polar surface area (TPSA) is 334 Å². The van der Waals surface area contributed by atoms with Gasteiger partial charge < -0.3 is 34.0 Å². The number of imidazole rings is 1. The van der Waals surface area contributed by atoms with Crippen molar-refractivity contribution in [2.24, 2.45) is 7.05 Å². The maximum absolute atomic E-state index is 6.33. The van der Waals surface area contributed by atoms with Gasteiger partial charge in [0, 0.05) is 129 Å². The van der Waals surface area contributed by atoms with Crippen LogP contribution in [0.4, 0.5) is 33.6 Å². The summed E-state index contributed by atoms with van der Waals surface area (Å²) in [6.07, 6.45) is 18.3. The van der Waals surface area contributed by atoms with Gasteiger partial charge in [0.1, 0.15) is 22.1 Å². The van der Waals surface area contributed by atoms with E-state index in [1.807, 2.05) is 239 Å². The van der Waals surface area contributed by atoms with Crippen molar-refractivity contribution in [3.05, 3.63) is 273 Å². The van der Waals surface area contributed by atoms with Crippen LogP contribution >= 0.6 is 46.3 Å². The molecule has 0 N–H and O–H groups in total.